The van der Waals surface area contributed by atoms with Gasteiger partial charge in [-0.2, -0.15) is 0 Å². The van der Waals surface area contributed by atoms with E-state index in [2.05, 4.69) is 69.3 Å². The van der Waals surface area contributed by atoms with Crippen LogP contribution in [0.4, 0.5) is 0 Å². The first-order chi connectivity index (χ1) is 9.13. The molecule has 2 aromatic carbocycles. The predicted octanol–water partition coefficient (Wildman–Crippen LogP) is 4.83. The molecule has 0 fully saturated rings. The van der Waals surface area contributed by atoms with E-state index < -0.39 is 0 Å². The Balaban J connectivity index is 2.18. The summed E-state index contributed by atoms with van der Waals surface area (Å²) in [7, 11) is 0. The minimum atomic E-state index is 1.04. The van der Waals surface area contributed by atoms with Crippen molar-refractivity contribution in [2.75, 3.05) is 0 Å². The smallest absolute Gasteiger partial charge is 0.0714 e. The van der Waals surface area contributed by atoms with E-state index in [-0.39, 0.29) is 0 Å². The number of rotatable bonds is 1. The summed E-state index contributed by atoms with van der Waals surface area (Å²) in [4.78, 5) is 4.80. The fourth-order valence-corrected chi connectivity index (χ4v) is 2.48. The van der Waals surface area contributed by atoms with E-state index in [4.69, 9.17) is 4.98 Å². The lowest BCUT2D eigenvalue weighted by Gasteiger charge is -2.07. The van der Waals surface area contributed by atoms with E-state index >= 15 is 0 Å². The maximum absolute atomic E-state index is 4.80. The molecule has 0 aliphatic heterocycles. The number of fused-ring (bicyclic) bond motifs is 1. The lowest BCUT2D eigenvalue weighted by molar-refractivity contribution is 1.35. The predicted molar refractivity (Wildman–Crippen MR) is 81.4 cm³/mol. The average Bonchev–Trinajstić information content (AvgIpc) is 2.38. The Bertz CT molecular complexity index is 739. The summed E-state index contributed by atoms with van der Waals surface area (Å²) >= 11 is 0. The third-order valence-corrected chi connectivity index (χ3v) is 3.51. The van der Waals surface area contributed by atoms with Crippen molar-refractivity contribution in [1.82, 2.24) is 4.98 Å². The Morgan fingerprint density at radius 1 is 0.737 bits per heavy atom. The molecule has 1 nitrogen and oxygen atoms in total. The van der Waals surface area contributed by atoms with Gasteiger partial charge in [-0.25, -0.2) is 4.98 Å². The van der Waals surface area contributed by atoms with Crippen LogP contribution in [0.3, 0.4) is 0 Å². The quantitative estimate of drug-likeness (QED) is 0.600. The maximum Gasteiger partial charge on any atom is 0.0714 e. The van der Waals surface area contributed by atoms with Gasteiger partial charge in [-0.1, -0.05) is 42.0 Å². The largest absolute Gasteiger partial charge is 0.248 e. The maximum atomic E-state index is 4.80. The van der Waals surface area contributed by atoms with Crippen molar-refractivity contribution in [2.45, 2.75) is 20.8 Å². The van der Waals surface area contributed by atoms with Crippen LogP contribution in [0.1, 0.15) is 16.7 Å². The van der Waals surface area contributed by atoms with E-state index in [1.807, 2.05) is 0 Å². The van der Waals surface area contributed by atoms with E-state index in [1.54, 1.807) is 0 Å². The van der Waals surface area contributed by atoms with Crippen LogP contribution < -0.4 is 0 Å². The molecule has 0 aliphatic rings. The fraction of sp³-hybridized carbons (Fsp3) is 0.167. The molecule has 0 saturated heterocycles. The lowest BCUT2D eigenvalue weighted by atomic mass is 10.0. The van der Waals surface area contributed by atoms with E-state index in [0.29, 0.717) is 0 Å². The number of aryl methyl sites for hydroxylation is 3. The van der Waals surface area contributed by atoms with E-state index in [0.717, 1.165) is 11.2 Å². The molecule has 0 N–H and O–H groups in total. The number of benzene rings is 2. The summed E-state index contributed by atoms with van der Waals surface area (Å²) < 4.78 is 0. The molecule has 1 heterocycles. The van der Waals surface area contributed by atoms with Gasteiger partial charge in [0.15, 0.2) is 0 Å². The van der Waals surface area contributed by atoms with Gasteiger partial charge in [-0.15, -0.1) is 0 Å². The molecule has 0 amide bonds. The number of nitrogens with zero attached hydrogens (tertiary/aromatic N) is 1. The molecular formula is C18H17N. The highest BCUT2D eigenvalue weighted by molar-refractivity contribution is 5.85. The number of hydrogen-bond donors (Lipinski definition) is 0. The molecule has 1 heteroatoms. The topological polar surface area (TPSA) is 12.9 Å². The average molecular weight is 247 g/mol. The van der Waals surface area contributed by atoms with Gasteiger partial charge in [0.25, 0.3) is 0 Å². The lowest BCUT2D eigenvalue weighted by Crippen LogP contribution is -1.88. The fourth-order valence-electron chi connectivity index (χ4n) is 2.48. The minimum Gasteiger partial charge on any atom is -0.248 e. The zero-order valence-electron chi connectivity index (χ0n) is 11.6. The Labute approximate surface area is 113 Å². The van der Waals surface area contributed by atoms with Gasteiger partial charge in [0.1, 0.15) is 0 Å². The second-order valence-corrected chi connectivity index (χ2v) is 5.21. The van der Waals surface area contributed by atoms with Gasteiger partial charge in [0, 0.05) is 10.9 Å². The van der Waals surface area contributed by atoms with E-state index in [1.165, 1.54) is 27.6 Å². The molecule has 1 aromatic heterocycles. The van der Waals surface area contributed by atoms with Crippen molar-refractivity contribution in [2.24, 2.45) is 0 Å². The highest BCUT2D eigenvalue weighted by atomic mass is 14.7. The van der Waals surface area contributed by atoms with Crippen molar-refractivity contribution in [3.8, 4) is 11.3 Å². The summed E-state index contributed by atoms with van der Waals surface area (Å²) in [6, 6.07) is 17.2. The second kappa shape index (κ2) is 4.51. The molecule has 94 valence electrons. The van der Waals surface area contributed by atoms with Crippen molar-refractivity contribution in [3.05, 3.63) is 65.2 Å². The van der Waals surface area contributed by atoms with Gasteiger partial charge >= 0.3 is 0 Å². The van der Waals surface area contributed by atoms with Crippen LogP contribution in [0.2, 0.25) is 0 Å². The van der Waals surface area contributed by atoms with Gasteiger partial charge in [-0.05, 0) is 44.0 Å². The zero-order valence-corrected chi connectivity index (χ0v) is 11.6. The number of hydrogen-bond acceptors (Lipinski definition) is 1. The third-order valence-electron chi connectivity index (χ3n) is 3.51. The second-order valence-electron chi connectivity index (χ2n) is 5.21. The van der Waals surface area contributed by atoms with Crippen molar-refractivity contribution >= 4 is 10.9 Å². The Kier molecular flexibility index (Phi) is 2.83. The minimum absolute atomic E-state index is 1.04. The molecule has 0 unspecified atom stereocenters. The number of aromatic nitrogens is 1. The molecule has 3 rings (SSSR count). The van der Waals surface area contributed by atoms with Gasteiger partial charge < -0.3 is 0 Å². The molecule has 19 heavy (non-hydrogen) atoms. The summed E-state index contributed by atoms with van der Waals surface area (Å²) in [5, 5.41) is 1.24. The third kappa shape index (κ3) is 2.24. The summed E-state index contributed by atoms with van der Waals surface area (Å²) in [6.07, 6.45) is 0. The van der Waals surface area contributed by atoms with Gasteiger partial charge in [-0.3, -0.25) is 0 Å². The van der Waals surface area contributed by atoms with E-state index in [9.17, 15) is 0 Å². The zero-order chi connectivity index (χ0) is 13.4. The highest BCUT2D eigenvalue weighted by Crippen LogP contribution is 2.24. The van der Waals surface area contributed by atoms with Crippen LogP contribution in [-0.4, -0.2) is 4.98 Å². The summed E-state index contributed by atoms with van der Waals surface area (Å²) in [6.45, 7) is 6.36. The Morgan fingerprint density at radius 2 is 1.47 bits per heavy atom. The summed E-state index contributed by atoms with van der Waals surface area (Å²) in [5.41, 5.74) is 7.12. The molecule has 3 aromatic rings. The van der Waals surface area contributed by atoms with Crippen LogP contribution >= 0.6 is 0 Å². The van der Waals surface area contributed by atoms with Gasteiger partial charge in [0.2, 0.25) is 0 Å². The normalized spacial score (nSPS) is 10.9. The first-order valence-corrected chi connectivity index (χ1v) is 6.58. The van der Waals surface area contributed by atoms with Crippen molar-refractivity contribution in [1.29, 1.82) is 0 Å². The Hall–Kier alpha value is -2.15. The molecule has 0 atom stereocenters. The summed E-state index contributed by atoms with van der Waals surface area (Å²) in [5.74, 6) is 0. The van der Waals surface area contributed by atoms with Crippen molar-refractivity contribution in [3.63, 3.8) is 0 Å². The molecule has 0 saturated carbocycles. The molecule has 0 bridgehead atoms. The Morgan fingerprint density at radius 3 is 2.21 bits per heavy atom. The SMILES string of the molecule is Cc1ccc(-c2ccc3c(C)cc(C)cc3n2)cc1. The molecule has 0 spiro atoms. The van der Waals surface area contributed by atoms with Crippen LogP contribution in [0.15, 0.2) is 48.5 Å². The molecule has 0 radical (unpaired) electrons. The first-order valence-electron chi connectivity index (χ1n) is 6.58. The van der Waals surface area contributed by atoms with Crippen LogP contribution in [0.5, 0.6) is 0 Å². The monoisotopic (exact) mass is 247 g/mol. The number of pyridine rings is 1. The first kappa shape index (κ1) is 11.9. The van der Waals surface area contributed by atoms with Crippen LogP contribution in [0.25, 0.3) is 22.2 Å². The highest BCUT2D eigenvalue weighted by Gasteiger charge is 2.04. The van der Waals surface area contributed by atoms with Crippen LogP contribution in [0, 0.1) is 20.8 Å². The standard InChI is InChI=1S/C18H17N/c1-12-4-6-15(7-5-12)17-9-8-16-14(3)10-13(2)11-18(16)19-17/h4-11H,1-3H3. The van der Waals surface area contributed by atoms with Crippen molar-refractivity contribution < 1.29 is 0 Å². The van der Waals surface area contributed by atoms with Gasteiger partial charge in [0.05, 0.1) is 11.2 Å². The molecule has 0 aliphatic carbocycles. The van der Waals surface area contributed by atoms with Crippen LogP contribution in [-0.2, 0) is 0 Å². The molecular weight excluding hydrogens is 230 g/mol.